The van der Waals surface area contributed by atoms with E-state index >= 15 is 0 Å². The summed E-state index contributed by atoms with van der Waals surface area (Å²) in [6.45, 7) is 2.21. The monoisotopic (exact) mass is 261 g/mol. The summed E-state index contributed by atoms with van der Waals surface area (Å²) in [4.78, 5) is 2.29. The van der Waals surface area contributed by atoms with Gasteiger partial charge in [0.2, 0.25) is 0 Å². The van der Waals surface area contributed by atoms with Crippen LogP contribution < -0.4 is 10.2 Å². The van der Waals surface area contributed by atoms with E-state index in [0.29, 0.717) is 6.04 Å². The molecule has 2 aromatic rings. The van der Waals surface area contributed by atoms with E-state index in [1.54, 1.807) is 11.5 Å². The van der Waals surface area contributed by atoms with E-state index in [2.05, 4.69) is 45.9 Å². The third-order valence-electron chi connectivity index (χ3n) is 3.63. The fourth-order valence-electron chi connectivity index (χ4n) is 2.64. The topological polar surface area (TPSA) is 28.2 Å². The Morgan fingerprint density at radius 1 is 1.39 bits per heavy atom. The number of nitrogens with zero attached hydrogens (tertiary/aromatic N) is 2. The van der Waals surface area contributed by atoms with Gasteiger partial charge in [0.15, 0.2) is 0 Å². The maximum Gasteiger partial charge on any atom is 0.149 e. The molecule has 1 fully saturated rings. The van der Waals surface area contributed by atoms with Crippen LogP contribution in [0.4, 0.5) is 5.82 Å². The number of hydrogen-bond donors (Lipinski definition) is 1. The molecule has 1 saturated heterocycles. The van der Waals surface area contributed by atoms with Crippen molar-refractivity contribution in [1.82, 2.24) is 9.69 Å². The lowest BCUT2D eigenvalue weighted by atomic mass is 10.0. The molecule has 1 atom stereocenters. The molecule has 3 nitrogen and oxygen atoms in total. The minimum atomic E-state index is 0.615. The molecule has 2 heterocycles. The number of aromatic nitrogens is 1. The molecular weight excluding hydrogens is 242 g/mol. The number of hydrogen-bond acceptors (Lipinski definition) is 4. The molecule has 1 N–H and O–H groups in total. The minimum absolute atomic E-state index is 0.615. The SMILES string of the molecule is CN(CC1CCCCN1)c1nsc2ccccc12. The van der Waals surface area contributed by atoms with Crippen molar-refractivity contribution in [2.24, 2.45) is 0 Å². The normalized spacial score (nSPS) is 20.2. The Balaban J connectivity index is 1.76. The van der Waals surface area contributed by atoms with Gasteiger partial charge in [0, 0.05) is 25.0 Å². The maximum absolute atomic E-state index is 4.60. The lowest BCUT2D eigenvalue weighted by Gasteiger charge is -2.28. The van der Waals surface area contributed by atoms with Gasteiger partial charge in [-0.3, -0.25) is 0 Å². The van der Waals surface area contributed by atoms with Gasteiger partial charge in [-0.1, -0.05) is 18.6 Å². The number of benzene rings is 1. The van der Waals surface area contributed by atoms with Crippen molar-refractivity contribution in [3.63, 3.8) is 0 Å². The highest BCUT2D eigenvalue weighted by molar-refractivity contribution is 7.13. The van der Waals surface area contributed by atoms with Crippen molar-refractivity contribution in [1.29, 1.82) is 0 Å². The summed E-state index contributed by atoms with van der Waals surface area (Å²) in [5.74, 6) is 1.13. The molecule has 1 aliphatic heterocycles. The van der Waals surface area contributed by atoms with Crippen LogP contribution in [-0.4, -0.2) is 30.6 Å². The van der Waals surface area contributed by atoms with Crippen molar-refractivity contribution in [3.8, 4) is 0 Å². The third-order valence-corrected chi connectivity index (χ3v) is 4.44. The summed E-state index contributed by atoms with van der Waals surface area (Å²) in [6, 6.07) is 9.09. The Hall–Kier alpha value is -1.13. The van der Waals surface area contributed by atoms with E-state index in [0.717, 1.165) is 18.9 Å². The first-order valence-corrected chi connectivity index (χ1v) is 7.41. The Labute approximate surface area is 112 Å². The van der Waals surface area contributed by atoms with Gasteiger partial charge in [-0.05, 0) is 43.1 Å². The first-order chi connectivity index (χ1) is 8.84. The summed E-state index contributed by atoms with van der Waals surface area (Å²) in [7, 11) is 2.15. The van der Waals surface area contributed by atoms with E-state index in [-0.39, 0.29) is 0 Å². The van der Waals surface area contributed by atoms with Crippen molar-refractivity contribution in [2.75, 3.05) is 25.0 Å². The van der Waals surface area contributed by atoms with Crippen LogP contribution in [0.1, 0.15) is 19.3 Å². The van der Waals surface area contributed by atoms with Crippen LogP contribution in [0.3, 0.4) is 0 Å². The Kier molecular flexibility index (Phi) is 3.48. The first-order valence-electron chi connectivity index (χ1n) is 6.63. The maximum atomic E-state index is 4.60. The average Bonchev–Trinajstić information content (AvgIpc) is 2.84. The van der Waals surface area contributed by atoms with E-state index < -0.39 is 0 Å². The van der Waals surface area contributed by atoms with Crippen LogP contribution in [-0.2, 0) is 0 Å². The zero-order valence-corrected chi connectivity index (χ0v) is 11.5. The Bertz CT molecular complexity index is 516. The zero-order chi connectivity index (χ0) is 12.4. The van der Waals surface area contributed by atoms with Crippen LogP contribution in [0.25, 0.3) is 10.1 Å². The van der Waals surface area contributed by atoms with E-state index in [1.165, 1.54) is 29.3 Å². The summed E-state index contributed by atoms with van der Waals surface area (Å²) in [6.07, 6.45) is 3.95. The van der Waals surface area contributed by atoms with Crippen molar-refractivity contribution in [3.05, 3.63) is 24.3 Å². The first kappa shape index (κ1) is 11.9. The van der Waals surface area contributed by atoms with Crippen LogP contribution in [0, 0.1) is 0 Å². The van der Waals surface area contributed by atoms with Crippen LogP contribution in [0.2, 0.25) is 0 Å². The molecule has 1 aromatic carbocycles. The number of likely N-dealkylation sites (N-methyl/N-ethyl adjacent to an activating group) is 1. The van der Waals surface area contributed by atoms with Crippen molar-refractivity contribution < 1.29 is 0 Å². The number of anilines is 1. The van der Waals surface area contributed by atoms with Gasteiger partial charge in [-0.25, -0.2) is 0 Å². The summed E-state index contributed by atoms with van der Waals surface area (Å²) >= 11 is 1.59. The number of fused-ring (bicyclic) bond motifs is 1. The van der Waals surface area contributed by atoms with Crippen molar-refractivity contribution >= 4 is 27.4 Å². The predicted octanol–water partition coefficient (Wildman–Crippen LogP) is 2.87. The van der Waals surface area contributed by atoms with E-state index in [4.69, 9.17) is 0 Å². The quantitative estimate of drug-likeness (QED) is 0.921. The molecule has 1 aromatic heterocycles. The van der Waals surface area contributed by atoms with Gasteiger partial charge in [-0.2, -0.15) is 4.37 Å². The molecule has 0 aliphatic carbocycles. The summed E-state index contributed by atoms with van der Waals surface area (Å²) in [5.41, 5.74) is 0. The van der Waals surface area contributed by atoms with Crippen LogP contribution >= 0.6 is 11.5 Å². The molecule has 1 aliphatic rings. The molecule has 3 rings (SSSR count). The average molecular weight is 261 g/mol. The number of rotatable bonds is 3. The molecule has 0 saturated carbocycles. The lowest BCUT2D eigenvalue weighted by Crippen LogP contribution is -2.42. The second kappa shape index (κ2) is 5.24. The van der Waals surface area contributed by atoms with Gasteiger partial charge in [0.25, 0.3) is 0 Å². The van der Waals surface area contributed by atoms with Crippen LogP contribution in [0.15, 0.2) is 24.3 Å². The molecule has 1 unspecified atom stereocenters. The summed E-state index contributed by atoms with van der Waals surface area (Å²) < 4.78 is 5.87. The number of piperidine rings is 1. The highest BCUT2D eigenvalue weighted by Gasteiger charge is 2.17. The molecule has 0 radical (unpaired) electrons. The molecule has 4 heteroatoms. The fraction of sp³-hybridized carbons (Fsp3) is 0.500. The second-order valence-electron chi connectivity index (χ2n) is 5.03. The smallest absolute Gasteiger partial charge is 0.149 e. The highest BCUT2D eigenvalue weighted by atomic mass is 32.1. The second-order valence-corrected chi connectivity index (χ2v) is 5.83. The largest absolute Gasteiger partial charge is 0.357 e. The molecule has 0 amide bonds. The molecule has 0 bridgehead atoms. The van der Waals surface area contributed by atoms with Crippen LogP contribution in [0.5, 0.6) is 0 Å². The zero-order valence-electron chi connectivity index (χ0n) is 10.7. The Morgan fingerprint density at radius 3 is 3.11 bits per heavy atom. The Morgan fingerprint density at radius 2 is 2.28 bits per heavy atom. The van der Waals surface area contributed by atoms with E-state index in [9.17, 15) is 0 Å². The number of nitrogens with one attached hydrogen (secondary N) is 1. The van der Waals surface area contributed by atoms with Gasteiger partial charge < -0.3 is 10.2 Å². The molecule has 0 spiro atoms. The van der Waals surface area contributed by atoms with Crippen molar-refractivity contribution in [2.45, 2.75) is 25.3 Å². The molecule has 96 valence electrons. The third kappa shape index (κ3) is 2.35. The minimum Gasteiger partial charge on any atom is -0.357 e. The summed E-state index contributed by atoms with van der Waals surface area (Å²) in [5, 5.41) is 4.87. The standard InChI is InChI=1S/C14H19N3S/c1-17(10-11-6-4-5-9-15-11)14-12-7-2-3-8-13(12)18-16-14/h2-3,7-8,11,15H,4-6,9-10H2,1H3. The van der Waals surface area contributed by atoms with Gasteiger partial charge >= 0.3 is 0 Å². The molecule has 18 heavy (non-hydrogen) atoms. The molecular formula is C14H19N3S. The van der Waals surface area contributed by atoms with Gasteiger partial charge in [-0.15, -0.1) is 0 Å². The predicted molar refractivity (Wildman–Crippen MR) is 78.5 cm³/mol. The van der Waals surface area contributed by atoms with Gasteiger partial charge in [0.05, 0.1) is 4.70 Å². The van der Waals surface area contributed by atoms with Gasteiger partial charge in [0.1, 0.15) is 5.82 Å². The van der Waals surface area contributed by atoms with E-state index in [1.807, 2.05) is 0 Å². The fourth-order valence-corrected chi connectivity index (χ4v) is 3.46. The lowest BCUT2D eigenvalue weighted by molar-refractivity contribution is 0.403. The highest BCUT2D eigenvalue weighted by Crippen LogP contribution is 2.28.